The number of carbonyl (C=O) groups excluding carboxylic acids is 1. The van der Waals surface area contributed by atoms with E-state index in [-0.39, 0.29) is 11.9 Å². The van der Waals surface area contributed by atoms with E-state index in [1.165, 1.54) is 0 Å². The maximum absolute atomic E-state index is 11.9. The molecule has 0 fully saturated rings. The molecule has 3 N–H and O–H groups in total. The Morgan fingerprint density at radius 2 is 1.94 bits per heavy atom. The maximum atomic E-state index is 11.9. The molecule has 1 aromatic rings. The Labute approximate surface area is 114 Å². The fourth-order valence-electron chi connectivity index (χ4n) is 2.03. The smallest absolute Gasteiger partial charge is 0.242 e. The van der Waals surface area contributed by atoms with Crippen molar-refractivity contribution in [3.63, 3.8) is 0 Å². The Bertz CT molecular complexity index is 405. The molecule has 0 spiro atoms. The number of nitrogens with one attached hydrogen (secondary N) is 1. The summed E-state index contributed by atoms with van der Waals surface area (Å²) in [6.45, 7) is 6.07. The van der Waals surface area contributed by atoms with E-state index in [1.54, 1.807) is 12.1 Å². The topological polar surface area (TPSA) is 55.1 Å². The van der Waals surface area contributed by atoms with E-state index < -0.39 is 5.54 Å². The lowest BCUT2D eigenvalue weighted by Crippen LogP contribution is -2.55. The normalized spacial score (nSPS) is 16.0. The van der Waals surface area contributed by atoms with Crippen LogP contribution in [0.25, 0.3) is 0 Å². The van der Waals surface area contributed by atoms with Gasteiger partial charge in [-0.25, -0.2) is 0 Å². The first-order valence-electron chi connectivity index (χ1n) is 6.30. The van der Waals surface area contributed by atoms with Gasteiger partial charge < -0.3 is 5.73 Å². The number of hydrogen-bond acceptors (Lipinski definition) is 2. The highest BCUT2D eigenvalue weighted by atomic mass is 35.5. The summed E-state index contributed by atoms with van der Waals surface area (Å²) in [6.07, 6.45) is 1.54. The fourth-order valence-corrected chi connectivity index (χ4v) is 2.16. The molecule has 0 aromatic heterocycles. The predicted octanol–water partition coefficient (Wildman–Crippen LogP) is 2.82. The van der Waals surface area contributed by atoms with Crippen LogP contribution in [-0.2, 0) is 10.3 Å². The van der Waals surface area contributed by atoms with Crippen LogP contribution < -0.4 is 11.1 Å². The van der Waals surface area contributed by atoms with E-state index >= 15 is 0 Å². The van der Waals surface area contributed by atoms with Crippen molar-refractivity contribution in [2.75, 3.05) is 0 Å². The Balaban J connectivity index is 3.18. The van der Waals surface area contributed by atoms with E-state index in [1.807, 2.05) is 26.0 Å². The molecule has 1 amide bonds. The van der Waals surface area contributed by atoms with Gasteiger partial charge in [-0.05, 0) is 37.5 Å². The highest BCUT2D eigenvalue weighted by Crippen LogP contribution is 2.27. The number of hydrogen-bond donors (Lipinski definition) is 2. The molecule has 100 valence electrons. The molecule has 0 radical (unpaired) electrons. The van der Waals surface area contributed by atoms with Crippen LogP contribution in [0.2, 0.25) is 5.02 Å². The van der Waals surface area contributed by atoms with E-state index in [4.69, 9.17) is 17.3 Å². The third kappa shape index (κ3) is 3.03. The molecule has 1 aromatic carbocycles. The second-order valence-electron chi connectivity index (χ2n) is 4.58. The second kappa shape index (κ2) is 6.21. The van der Waals surface area contributed by atoms with Crippen molar-refractivity contribution < 1.29 is 4.79 Å². The van der Waals surface area contributed by atoms with E-state index in [2.05, 4.69) is 12.2 Å². The van der Waals surface area contributed by atoms with Crippen LogP contribution in [0.4, 0.5) is 0 Å². The molecule has 0 aliphatic heterocycles. The Morgan fingerprint density at radius 3 is 2.33 bits per heavy atom. The van der Waals surface area contributed by atoms with Gasteiger partial charge in [-0.3, -0.25) is 10.1 Å². The van der Waals surface area contributed by atoms with Gasteiger partial charge in [0.2, 0.25) is 5.91 Å². The summed E-state index contributed by atoms with van der Waals surface area (Å²) in [6, 6.07) is 7.48. The van der Waals surface area contributed by atoms with Gasteiger partial charge in [0.1, 0.15) is 5.54 Å². The minimum absolute atomic E-state index is 0.216. The summed E-state index contributed by atoms with van der Waals surface area (Å²) < 4.78 is 0. The van der Waals surface area contributed by atoms with Crippen molar-refractivity contribution in [1.29, 1.82) is 0 Å². The van der Waals surface area contributed by atoms with Crippen molar-refractivity contribution in [3.8, 4) is 0 Å². The number of rotatable bonds is 6. The lowest BCUT2D eigenvalue weighted by Gasteiger charge is -2.34. The van der Waals surface area contributed by atoms with Crippen molar-refractivity contribution in [2.45, 2.75) is 45.2 Å². The quantitative estimate of drug-likeness (QED) is 0.834. The van der Waals surface area contributed by atoms with Gasteiger partial charge in [0, 0.05) is 11.1 Å². The Morgan fingerprint density at radius 1 is 1.39 bits per heavy atom. The zero-order valence-electron chi connectivity index (χ0n) is 11.2. The summed E-state index contributed by atoms with van der Waals surface area (Å²) in [7, 11) is 0. The van der Waals surface area contributed by atoms with Gasteiger partial charge in [0.15, 0.2) is 0 Å². The first-order chi connectivity index (χ1) is 8.46. The van der Waals surface area contributed by atoms with Crippen molar-refractivity contribution in [3.05, 3.63) is 34.9 Å². The van der Waals surface area contributed by atoms with Crippen LogP contribution in [-0.4, -0.2) is 11.9 Å². The first kappa shape index (κ1) is 15.0. The number of carbonyl (C=O) groups is 1. The number of primary amides is 1. The zero-order chi connectivity index (χ0) is 13.8. The molecule has 1 rings (SSSR count). The van der Waals surface area contributed by atoms with Gasteiger partial charge in [0.25, 0.3) is 0 Å². The molecule has 4 heteroatoms. The van der Waals surface area contributed by atoms with Crippen LogP contribution in [0.3, 0.4) is 0 Å². The minimum atomic E-state index is -0.819. The average Bonchev–Trinajstić information content (AvgIpc) is 2.36. The van der Waals surface area contributed by atoms with Crippen molar-refractivity contribution in [2.24, 2.45) is 5.73 Å². The summed E-state index contributed by atoms with van der Waals surface area (Å²) in [4.78, 5) is 11.9. The highest BCUT2D eigenvalue weighted by Gasteiger charge is 2.37. The summed E-state index contributed by atoms with van der Waals surface area (Å²) in [5.74, 6) is -0.354. The molecule has 3 nitrogen and oxygen atoms in total. The van der Waals surface area contributed by atoms with Gasteiger partial charge in [-0.2, -0.15) is 0 Å². The number of halogens is 1. The largest absolute Gasteiger partial charge is 0.368 e. The number of nitrogens with two attached hydrogens (primary N) is 1. The van der Waals surface area contributed by atoms with Crippen molar-refractivity contribution >= 4 is 17.5 Å². The summed E-state index contributed by atoms with van der Waals surface area (Å²) in [5.41, 5.74) is 5.66. The van der Waals surface area contributed by atoms with E-state index in [9.17, 15) is 4.79 Å². The third-order valence-electron chi connectivity index (χ3n) is 3.39. The van der Waals surface area contributed by atoms with Gasteiger partial charge in [-0.15, -0.1) is 0 Å². The summed E-state index contributed by atoms with van der Waals surface area (Å²) >= 11 is 5.88. The molecule has 18 heavy (non-hydrogen) atoms. The zero-order valence-corrected chi connectivity index (χ0v) is 11.9. The Kier molecular flexibility index (Phi) is 5.17. The molecule has 0 aliphatic carbocycles. The van der Waals surface area contributed by atoms with Gasteiger partial charge in [0.05, 0.1) is 0 Å². The standard InChI is InChI=1S/C14H21ClN2O/c1-4-10(3)17-14(5-2,13(16)18)11-6-8-12(15)9-7-11/h6-10,17H,4-5H2,1-3H3,(H2,16,18). The molecular formula is C14H21ClN2O. The monoisotopic (exact) mass is 268 g/mol. The summed E-state index contributed by atoms with van der Waals surface area (Å²) in [5, 5.41) is 4.00. The SMILES string of the molecule is CCC(C)NC(CC)(C(N)=O)c1ccc(Cl)cc1. The maximum Gasteiger partial charge on any atom is 0.242 e. The molecular weight excluding hydrogens is 248 g/mol. The fraction of sp³-hybridized carbons (Fsp3) is 0.500. The minimum Gasteiger partial charge on any atom is -0.368 e. The number of amides is 1. The van der Waals surface area contributed by atoms with Crippen molar-refractivity contribution in [1.82, 2.24) is 5.32 Å². The highest BCUT2D eigenvalue weighted by molar-refractivity contribution is 6.30. The van der Waals surface area contributed by atoms with E-state index in [0.29, 0.717) is 11.4 Å². The van der Waals surface area contributed by atoms with Crippen LogP contribution in [0.15, 0.2) is 24.3 Å². The molecule has 0 aliphatic rings. The lowest BCUT2D eigenvalue weighted by molar-refractivity contribution is -0.125. The molecule has 2 atom stereocenters. The van der Waals surface area contributed by atoms with E-state index in [0.717, 1.165) is 12.0 Å². The Hall–Kier alpha value is -1.06. The molecule has 0 saturated heterocycles. The molecule has 0 heterocycles. The predicted molar refractivity (Wildman–Crippen MR) is 75.5 cm³/mol. The third-order valence-corrected chi connectivity index (χ3v) is 3.65. The van der Waals surface area contributed by atoms with Crippen LogP contribution in [0.5, 0.6) is 0 Å². The first-order valence-corrected chi connectivity index (χ1v) is 6.67. The molecule has 2 unspecified atom stereocenters. The molecule has 0 bridgehead atoms. The average molecular weight is 269 g/mol. The van der Waals surface area contributed by atoms with Gasteiger partial charge in [-0.1, -0.05) is 37.6 Å². The van der Waals surface area contributed by atoms with Crippen LogP contribution in [0, 0.1) is 0 Å². The van der Waals surface area contributed by atoms with Crippen LogP contribution in [0.1, 0.15) is 39.2 Å². The molecule has 0 saturated carbocycles. The number of benzene rings is 1. The van der Waals surface area contributed by atoms with Crippen LogP contribution >= 0.6 is 11.6 Å². The second-order valence-corrected chi connectivity index (χ2v) is 5.02. The lowest BCUT2D eigenvalue weighted by atomic mass is 9.85. The van der Waals surface area contributed by atoms with Gasteiger partial charge >= 0.3 is 0 Å².